The Kier molecular flexibility index (Phi) is 52.7. The smallest absolute Gasteiger partial charge is 0.361 e. The van der Waals surface area contributed by atoms with Crippen LogP contribution in [0.15, 0.2) is 122 Å². The maximum Gasteiger partial charge on any atom is 0.361 e. The molecule has 0 saturated carbocycles. The summed E-state index contributed by atoms with van der Waals surface area (Å²) in [6.07, 6.45) is 75.6. The number of quaternary nitrogens is 1. The number of likely N-dealkylation sites (N-methyl/N-ethyl adjacent to an activating group) is 1. The second-order valence-corrected chi connectivity index (χ2v) is 20.5. The number of carbonyl (C=O) groups excluding carboxylic acids is 2. The first-order valence-electron chi connectivity index (χ1n) is 29.7. The molecule has 0 rings (SSSR count). The molecule has 2 atom stereocenters. The molecule has 1 N–H and O–H groups in total. The van der Waals surface area contributed by atoms with Crippen LogP contribution in [0, 0.1) is 0 Å². The van der Waals surface area contributed by atoms with Gasteiger partial charge in [0.25, 0.3) is 6.29 Å². The molecule has 75 heavy (non-hydrogen) atoms. The molecule has 0 aliphatic carbocycles. The number of esters is 2. The summed E-state index contributed by atoms with van der Waals surface area (Å²) in [5, 5.41) is 9.71. The van der Waals surface area contributed by atoms with Crippen molar-refractivity contribution in [1.82, 2.24) is 0 Å². The number of aliphatic carboxylic acids is 1. The number of unbranched alkanes of at least 4 members (excludes halogenated alkanes) is 18. The average molecular weight is 1050 g/mol. The topological polar surface area (TPSA) is 108 Å². The van der Waals surface area contributed by atoms with E-state index in [-0.39, 0.29) is 38.6 Å². The van der Waals surface area contributed by atoms with Crippen LogP contribution in [0.3, 0.4) is 0 Å². The zero-order chi connectivity index (χ0) is 54.8. The van der Waals surface area contributed by atoms with Gasteiger partial charge in [-0.1, -0.05) is 225 Å². The SMILES string of the molecule is CC/C=C\C/C=C\C/C=C\C/C=C\C/C=C\C/C=C\CCCCCCCCCCCCCCC(=O)OC(COC(=O)CCCCCCCC/C=C\C/C=C\C/C=C\C/C=C\CC)COC(OCC[N+](C)(C)C)C(=O)O. The van der Waals surface area contributed by atoms with Crippen molar-refractivity contribution < 1.29 is 42.9 Å². The summed E-state index contributed by atoms with van der Waals surface area (Å²) in [6, 6.07) is 0. The highest BCUT2D eigenvalue weighted by molar-refractivity contribution is 5.71. The Bertz CT molecular complexity index is 1640. The predicted octanol–water partition coefficient (Wildman–Crippen LogP) is 17.7. The molecule has 9 nitrogen and oxygen atoms in total. The molecule has 0 aromatic rings. The molecule has 0 fully saturated rings. The minimum Gasteiger partial charge on any atom is -0.477 e. The van der Waals surface area contributed by atoms with Gasteiger partial charge in [-0.25, -0.2) is 4.79 Å². The van der Waals surface area contributed by atoms with Crippen LogP contribution in [0.2, 0.25) is 0 Å². The minimum atomic E-state index is -1.52. The van der Waals surface area contributed by atoms with E-state index in [9.17, 15) is 19.5 Å². The Balaban J connectivity index is 4.25. The zero-order valence-electron chi connectivity index (χ0n) is 48.4. The third kappa shape index (κ3) is 57.2. The van der Waals surface area contributed by atoms with Crippen LogP contribution in [0.25, 0.3) is 0 Å². The molecule has 0 aliphatic rings. The van der Waals surface area contributed by atoms with E-state index in [4.69, 9.17) is 18.9 Å². The number of rotatable bonds is 53. The van der Waals surface area contributed by atoms with E-state index in [1.54, 1.807) is 0 Å². The number of hydrogen-bond acceptors (Lipinski definition) is 7. The van der Waals surface area contributed by atoms with E-state index in [1.165, 1.54) is 64.2 Å². The highest BCUT2D eigenvalue weighted by Crippen LogP contribution is 2.15. The normalized spacial score (nSPS) is 13.7. The molecule has 9 heteroatoms. The predicted molar refractivity (Wildman–Crippen MR) is 318 cm³/mol. The van der Waals surface area contributed by atoms with Crippen LogP contribution < -0.4 is 0 Å². The maximum atomic E-state index is 12.9. The van der Waals surface area contributed by atoms with Crippen LogP contribution in [0.1, 0.15) is 219 Å². The molecule has 0 saturated heterocycles. The van der Waals surface area contributed by atoms with Crippen LogP contribution in [-0.4, -0.2) is 87.4 Å². The summed E-state index contributed by atoms with van der Waals surface area (Å²) in [5.74, 6) is -2.04. The van der Waals surface area contributed by atoms with E-state index in [0.717, 1.165) is 122 Å². The first-order chi connectivity index (χ1) is 36.6. The molecule has 0 aromatic carbocycles. The number of carbonyl (C=O) groups is 3. The van der Waals surface area contributed by atoms with E-state index >= 15 is 0 Å². The number of ether oxygens (including phenoxy) is 4. The van der Waals surface area contributed by atoms with Gasteiger partial charge in [0.15, 0.2) is 6.10 Å². The number of carboxylic acids is 1. The number of nitrogens with zero attached hydrogens (tertiary/aromatic N) is 1. The lowest BCUT2D eigenvalue weighted by molar-refractivity contribution is -0.870. The van der Waals surface area contributed by atoms with Crippen molar-refractivity contribution >= 4 is 17.9 Å². The number of allylic oxidation sites excluding steroid dienone is 20. The first-order valence-corrected chi connectivity index (χ1v) is 29.7. The van der Waals surface area contributed by atoms with Gasteiger partial charge in [0.2, 0.25) is 0 Å². The summed E-state index contributed by atoms with van der Waals surface area (Å²) in [5.41, 5.74) is 0. The summed E-state index contributed by atoms with van der Waals surface area (Å²) in [4.78, 5) is 37.5. The fourth-order valence-electron chi connectivity index (χ4n) is 7.71. The highest BCUT2D eigenvalue weighted by atomic mass is 16.7. The molecular formula is C66H110NO8+. The lowest BCUT2D eigenvalue weighted by Crippen LogP contribution is -2.40. The van der Waals surface area contributed by atoms with Crippen LogP contribution >= 0.6 is 0 Å². The molecule has 2 unspecified atom stereocenters. The van der Waals surface area contributed by atoms with Crippen molar-refractivity contribution in [3.8, 4) is 0 Å². The van der Waals surface area contributed by atoms with Gasteiger partial charge in [0.05, 0.1) is 34.4 Å². The Hall–Kier alpha value is -4.31. The van der Waals surface area contributed by atoms with Crippen molar-refractivity contribution in [3.63, 3.8) is 0 Å². The van der Waals surface area contributed by atoms with Crippen molar-refractivity contribution in [3.05, 3.63) is 122 Å². The largest absolute Gasteiger partial charge is 0.477 e. The van der Waals surface area contributed by atoms with Gasteiger partial charge in [0, 0.05) is 12.8 Å². The molecule has 0 amide bonds. The fraction of sp³-hybridized carbons (Fsp3) is 0.652. The third-order valence-corrected chi connectivity index (χ3v) is 12.2. The van der Waals surface area contributed by atoms with Gasteiger partial charge < -0.3 is 28.5 Å². The van der Waals surface area contributed by atoms with Crippen LogP contribution in [0.5, 0.6) is 0 Å². The summed E-state index contributed by atoms with van der Waals surface area (Å²) in [7, 11) is 5.96. The van der Waals surface area contributed by atoms with Crippen molar-refractivity contribution in [2.45, 2.75) is 232 Å². The molecule has 0 aromatic heterocycles. The van der Waals surface area contributed by atoms with Gasteiger partial charge in [-0.2, -0.15) is 0 Å². The second kappa shape index (κ2) is 55.9. The lowest BCUT2D eigenvalue weighted by atomic mass is 10.0. The average Bonchev–Trinajstić information content (AvgIpc) is 3.38. The Morgan fingerprint density at radius 1 is 0.400 bits per heavy atom. The Labute approximate surface area is 459 Å². The zero-order valence-corrected chi connectivity index (χ0v) is 48.4. The van der Waals surface area contributed by atoms with E-state index in [2.05, 4.69) is 135 Å². The van der Waals surface area contributed by atoms with Gasteiger partial charge in [-0.3, -0.25) is 9.59 Å². The van der Waals surface area contributed by atoms with Gasteiger partial charge in [-0.05, 0) is 103 Å². The summed E-state index contributed by atoms with van der Waals surface area (Å²) >= 11 is 0. The quantitative estimate of drug-likeness (QED) is 0.0211. The number of hydrogen-bond donors (Lipinski definition) is 1. The third-order valence-electron chi connectivity index (χ3n) is 12.2. The van der Waals surface area contributed by atoms with E-state index in [1.807, 2.05) is 21.1 Å². The standard InChI is InChI=1S/C66H109NO8/c1-6-8-10-12-14-16-18-20-22-24-26-27-28-29-30-31-32-33-34-35-36-37-39-41-43-45-47-49-51-53-55-57-64(69)75-62(61-74-66(65(70)71)72-59-58-67(3,4)5)60-73-63(68)56-54-52-50-48-46-44-42-40-38-25-23-21-19-17-15-13-11-9-7-2/h8-11,14-17,20-23,26-27,29-30,32-33,38,40,62,66H,6-7,12-13,18-19,24-25,28,31,34-37,39,41-61H2,1-5H3/p+1/b10-8-,11-9-,16-14-,17-15-,22-20-,23-21-,27-26-,30-29-,33-32-,40-38-. The van der Waals surface area contributed by atoms with Gasteiger partial charge in [0.1, 0.15) is 13.2 Å². The minimum absolute atomic E-state index is 0.179. The van der Waals surface area contributed by atoms with Crippen molar-refractivity contribution in [2.75, 3.05) is 47.5 Å². The number of carboxylic acid groups (broad SMARTS) is 1. The summed E-state index contributed by atoms with van der Waals surface area (Å²) in [6.45, 7) is 4.62. The van der Waals surface area contributed by atoms with E-state index in [0.29, 0.717) is 17.4 Å². The monoisotopic (exact) mass is 1040 g/mol. The maximum absolute atomic E-state index is 12.9. The molecule has 0 spiro atoms. The Morgan fingerprint density at radius 3 is 1.07 bits per heavy atom. The highest BCUT2D eigenvalue weighted by Gasteiger charge is 2.25. The van der Waals surface area contributed by atoms with E-state index < -0.39 is 24.3 Å². The Morgan fingerprint density at radius 2 is 0.720 bits per heavy atom. The fourth-order valence-corrected chi connectivity index (χ4v) is 7.71. The van der Waals surface area contributed by atoms with Crippen LogP contribution in [-0.2, 0) is 33.3 Å². The molecular weight excluding hydrogens is 935 g/mol. The first kappa shape index (κ1) is 70.7. The van der Waals surface area contributed by atoms with Crippen molar-refractivity contribution in [2.24, 2.45) is 0 Å². The van der Waals surface area contributed by atoms with Crippen molar-refractivity contribution in [1.29, 1.82) is 0 Å². The molecule has 0 radical (unpaired) electrons. The molecule has 426 valence electrons. The van der Waals surface area contributed by atoms with Crippen LogP contribution in [0.4, 0.5) is 0 Å². The molecule has 0 heterocycles. The lowest BCUT2D eigenvalue weighted by Gasteiger charge is -2.25. The van der Waals surface area contributed by atoms with Gasteiger partial charge in [-0.15, -0.1) is 0 Å². The molecule has 0 aliphatic heterocycles. The summed E-state index contributed by atoms with van der Waals surface area (Å²) < 4.78 is 22.9. The second-order valence-electron chi connectivity index (χ2n) is 20.5. The molecule has 0 bridgehead atoms. The van der Waals surface area contributed by atoms with Gasteiger partial charge >= 0.3 is 17.9 Å².